The van der Waals surface area contributed by atoms with E-state index >= 15 is 0 Å². The topological polar surface area (TPSA) is 329 Å². The van der Waals surface area contributed by atoms with Crippen LogP contribution in [-0.2, 0) is 0 Å². The second kappa shape index (κ2) is 293. The van der Waals surface area contributed by atoms with Gasteiger partial charge in [0.05, 0.1) is 30.6 Å². The number of nitrogens with one attached hydrogen (secondary N) is 2. The van der Waals surface area contributed by atoms with Crippen LogP contribution in [0.3, 0.4) is 0 Å². The summed E-state index contributed by atoms with van der Waals surface area (Å²) >= 11 is 6.29. The van der Waals surface area contributed by atoms with Crippen molar-refractivity contribution >= 4 is 45.5 Å². The third-order valence-electron chi connectivity index (χ3n) is 7.12. The van der Waals surface area contributed by atoms with Crippen molar-refractivity contribution in [2.45, 2.75) is 381 Å². The lowest BCUT2D eigenvalue weighted by atomic mass is 10.2. The van der Waals surface area contributed by atoms with Crippen molar-refractivity contribution in [3.05, 3.63) is 308 Å². The molecule has 29 heteroatoms. The summed E-state index contributed by atoms with van der Waals surface area (Å²) in [5.41, 5.74) is 4.79. The summed E-state index contributed by atoms with van der Waals surface area (Å²) in [6.45, 7) is 110. The summed E-state index contributed by atoms with van der Waals surface area (Å²) < 4.78 is 21.8. The van der Waals surface area contributed by atoms with Crippen molar-refractivity contribution in [3.8, 4) is 0 Å². The zero-order valence-electron chi connectivity index (χ0n) is 96.8. The molecule has 14 aromatic heterocycles. The van der Waals surface area contributed by atoms with Crippen LogP contribution in [0.25, 0.3) is 0 Å². The van der Waals surface area contributed by atoms with E-state index in [4.69, 9.17) is 4.42 Å². The molecule has 0 saturated carbocycles. The molecule has 0 aliphatic carbocycles. The van der Waals surface area contributed by atoms with Crippen LogP contribution in [0.1, 0.15) is 374 Å². The van der Waals surface area contributed by atoms with Crippen molar-refractivity contribution in [2.75, 3.05) is 0 Å². The molecule has 135 heavy (non-hydrogen) atoms. The van der Waals surface area contributed by atoms with Crippen molar-refractivity contribution in [1.82, 2.24) is 105 Å². The highest BCUT2D eigenvalue weighted by Crippen LogP contribution is 2.04. The number of H-pyrrole nitrogens is 2. The van der Waals surface area contributed by atoms with E-state index in [0.29, 0.717) is 11.8 Å². The number of aryl methyl sites for hydroxylation is 5. The molecule has 0 aliphatic heterocycles. The molecule has 1 aromatic carbocycles. The van der Waals surface area contributed by atoms with Gasteiger partial charge in [-0.2, -0.15) is 31.0 Å². The number of thiazole rings is 1. The van der Waals surface area contributed by atoms with Crippen molar-refractivity contribution < 1.29 is 17.8 Å². The van der Waals surface area contributed by atoms with E-state index in [2.05, 4.69) is 138 Å². The molecular formula is C106H213N21O4S4. The van der Waals surface area contributed by atoms with Crippen LogP contribution < -0.4 is 0 Å². The smallest absolute Gasteiger partial charge is 0.213 e. The molecule has 14 heterocycles. The summed E-state index contributed by atoms with van der Waals surface area (Å²) in [6.07, 6.45) is 40.4. The van der Waals surface area contributed by atoms with Crippen LogP contribution in [0.2, 0.25) is 0 Å². The Hall–Kier alpha value is -10.8. The lowest BCUT2D eigenvalue weighted by Crippen LogP contribution is -1.69. The van der Waals surface area contributed by atoms with Crippen molar-refractivity contribution in [3.63, 3.8) is 0 Å². The molecule has 0 unspecified atom stereocenters. The molecule has 790 valence electrons. The molecule has 0 bridgehead atoms. The largest absolute Gasteiger partial charge is 0.473 e. The van der Waals surface area contributed by atoms with Crippen LogP contribution in [0.5, 0.6) is 0 Å². The highest BCUT2D eigenvalue weighted by Gasteiger charge is 1.90. The Kier molecular flexibility index (Phi) is 416. The maximum atomic E-state index is 4.86. The van der Waals surface area contributed by atoms with Gasteiger partial charge in [-0.3, -0.25) is 25.0 Å². The van der Waals surface area contributed by atoms with Gasteiger partial charge < -0.3 is 22.8 Å². The fourth-order valence-electron chi connectivity index (χ4n) is 3.91. The first-order chi connectivity index (χ1) is 67.0. The number of rotatable bonds is 0. The Balaban J connectivity index is -0.0000000404. The van der Waals surface area contributed by atoms with Crippen LogP contribution >= 0.6 is 45.5 Å². The fraction of sp³-hybridized carbons (Fsp3) is 0.519. The fourth-order valence-corrected chi connectivity index (χ4v) is 5.57. The Morgan fingerprint density at radius 2 is 0.674 bits per heavy atom. The molecule has 25 nitrogen and oxygen atoms in total. The number of thiophene rings is 1. The first kappa shape index (κ1) is 192. The predicted molar refractivity (Wildman–Crippen MR) is 611 cm³/mol. The van der Waals surface area contributed by atoms with Crippen LogP contribution in [0, 0.1) is 34.6 Å². The second-order valence-corrected chi connectivity index (χ2v) is 17.3. The Morgan fingerprint density at radius 1 is 0.267 bits per heavy atom. The maximum absolute atomic E-state index is 4.86. The number of hydrogen-bond acceptors (Lipinski definition) is 27. The Morgan fingerprint density at radius 3 is 0.793 bits per heavy atom. The van der Waals surface area contributed by atoms with E-state index in [-0.39, 0.29) is 0 Å². The average Bonchev–Trinajstić information content (AvgIpc) is 1.84. The molecule has 0 fully saturated rings. The molecule has 0 saturated heterocycles. The van der Waals surface area contributed by atoms with Gasteiger partial charge in [-0.25, -0.2) is 29.9 Å². The standard InChI is InChI=1S/C7H8.C5H5N.C4H6N2O.C4H6N2S.3C4H4N2.C4H4O.C4H4S.2C3H4N2.C3H3NO.C3H3NS.C2H2N2O.C2H2N2S.25C2H6/c1-7-5-3-2-4-6-7;1-2-4-6-5-3-1;2*1-3-5-6-4(2)7-3;1-2-6-4-3-5-1;1-2-5-4-6-3-1;1-2-4-6-5-3-1;2*1-2-4-5-3-1;1-2-5-3-4-1;1-2-4-5-3-1;2*1-2-5-3-4-1;2*1-3-2-5-4-1;25*1-2/h2-6H,1H3;1-5H;2*1-2H3;3*1-4H;2*1-4H;2*1-3H,(H,4,5);2*1-3H;2*1-2H;25*1-2H3. The number of aromatic amines is 2. The summed E-state index contributed by atoms with van der Waals surface area (Å²) in [4.78, 5) is 39.4. The van der Waals surface area contributed by atoms with Gasteiger partial charge in [0.1, 0.15) is 34.4 Å². The summed E-state index contributed by atoms with van der Waals surface area (Å²) in [5, 5.41) is 39.4. The minimum absolute atomic E-state index is 0.623. The predicted octanol–water partition coefficient (Wildman–Crippen LogP) is 38.3. The number of hydrogen-bond donors (Lipinski definition) is 2. The van der Waals surface area contributed by atoms with Gasteiger partial charge >= 0.3 is 0 Å². The van der Waals surface area contributed by atoms with E-state index in [1.807, 2.05) is 455 Å². The average molecular weight is 1970 g/mol. The lowest BCUT2D eigenvalue weighted by molar-refractivity contribution is 0.416. The minimum Gasteiger partial charge on any atom is -0.473 e. The Bertz CT molecular complexity index is 2540. The summed E-state index contributed by atoms with van der Waals surface area (Å²) in [7, 11) is 0. The molecule has 15 aromatic rings. The third kappa shape index (κ3) is 289. The van der Waals surface area contributed by atoms with E-state index in [0.717, 1.165) is 10.0 Å². The summed E-state index contributed by atoms with van der Waals surface area (Å²) in [6, 6.07) is 30.9. The van der Waals surface area contributed by atoms with Gasteiger partial charge in [-0.15, -0.1) is 43.1 Å². The molecule has 0 amide bonds. The first-order valence-electron chi connectivity index (χ1n) is 49.3. The molecule has 2 N–H and O–H groups in total. The van der Waals surface area contributed by atoms with E-state index in [1.54, 1.807) is 183 Å². The number of pyridine rings is 1. The molecular weight excluding hydrogens is 1760 g/mol. The second-order valence-electron chi connectivity index (χ2n) is 13.7. The van der Waals surface area contributed by atoms with Gasteiger partial charge in [-0.1, -0.05) is 405 Å². The normalized spacial score (nSPS) is 6.33. The van der Waals surface area contributed by atoms with Gasteiger partial charge in [0.2, 0.25) is 18.2 Å². The number of aromatic nitrogens is 21. The highest BCUT2D eigenvalue weighted by molar-refractivity contribution is 7.11. The number of imidazole rings is 1. The van der Waals surface area contributed by atoms with Gasteiger partial charge in [0.25, 0.3) is 0 Å². The van der Waals surface area contributed by atoms with E-state index in [9.17, 15) is 0 Å². The highest BCUT2D eigenvalue weighted by atomic mass is 32.1. The van der Waals surface area contributed by atoms with Gasteiger partial charge in [-0.05, 0) is 91.6 Å². The number of benzene rings is 1. The molecule has 0 radical (unpaired) electrons. The first-order valence-corrected chi connectivity index (χ1v) is 52.9. The van der Waals surface area contributed by atoms with Crippen LogP contribution in [0.15, 0.2) is 298 Å². The van der Waals surface area contributed by atoms with Crippen LogP contribution in [-0.4, -0.2) is 105 Å². The maximum Gasteiger partial charge on any atom is 0.213 e. The monoisotopic (exact) mass is 1970 g/mol. The van der Waals surface area contributed by atoms with Crippen molar-refractivity contribution in [1.29, 1.82) is 0 Å². The Labute approximate surface area is 851 Å². The molecule has 0 atom stereocenters. The van der Waals surface area contributed by atoms with E-state index < -0.39 is 0 Å². The van der Waals surface area contributed by atoms with Gasteiger partial charge in [0.15, 0.2) is 12.7 Å². The van der Waals surface area contributed by atoms with Crippen LogP contribution in [0.4, 0.5) is 0 Å². The summed E-state index contributed by atoms with van der Waals surface area (Å²) in [5.74, 6) is 1.25. The lowest BCUT2D eigenvalue weighted by Gasteiger charge is -1.82. The zero-order chi connectivity index (χ0) is 111. The number of nitrogens with zero attached hydrogens (tertiary/aromatic N) is 19. The SMILES string of the molecule is CC.CC.CC.CC.CC.CC.CC.CC.CC.CC.CC.CC.CC.CC.CC.CC.CC.CC.CC.CC.CC.CC.CC.CC.CC.Cc1ccccc1.Cc1nnc(C)o1.Cc1nnc(C)s1.c1c[nH]cn1.c1ccncc1.c1ccnnc1.c1ccoc1.c1ccsc1.c1cn[nH]c1.c1cnccn1.c1cncnc1.c1cocn1.c1cscn1.c1ncon1.c1ncsn1. The zero-order valence-corrected chi connectivity index (χ0v) is 100. The molecule has 15 rings (SSSR count). The van der Waals surface area contributed by atoms with E-state index in [1.165, 1.54) is 55.1 Å². The van der Waals surface area contributed by atoms with Gasteiger partial charge in [0, 0.05) is 112 Å². The third-order valence-corrected chi connectivity index (χ3v) is 9.46. The number of furan rings is 1. The quantitative estimate of drug-likeness (QED) is 0.142. The molecule has 0 aliphatic rings. The van der Waals surface area contributed by atoms with Crippen molar-refractivity contribution in [2.24, 2.45) is 0 Å². The molecule has 0 spiro atoms. The number of oxazole rings is 1. The minimum atomic E-state index is 0.623.